The van der Waals surface area contributed by atoms with Crippen LogP contribution in [0.1, 0.15) is 25.0 Å². The zero-order valence-corrected chi connectivity index (χ0v) is 8.20. The Morgan fingerprint density at radius 2 is 1.77 bits per heavy atom. The van der Waals surface area contributed by atoms with E-state index < -0.39 is 11.6 Å². The number of benzene rings is 1. The Bertz CT molecular complexity index is 303. The lowest BCUT2D eigenvalue weighted by atomic mass is 10.0. The van der Waals surface area contributed by atoms with Gasteiger partial charge in [0.05, 0.1) is 0 Å². The van der Waals surface area contributed by atoms with Gasteiger partial charge in [0.15, 0.2) is 11.6 Å². The first-order valence-electron chi connectivity index (χ1n) is 4.46. The fraction of sp³-hybridized carbons (Fsp3) is 0.455. The third-order valence-electron chi connectivity index (χ3n) is 1.98. The van der Waals surface area contributed by atoms with E-state index in [1.165, 1.54) is 0 Å². The van der Waals surface area contributed by atoms with Gasteiger partial charge in [-0.25, -0.2) is 8.78 Å². The van der Waals surface area contributed by atoms with Crippen molar-refractivity contribution < 1.29 is 8.78 Å². The summed E-state index contributed by atoms with van der Waals surface area (Å²) in [4.78, 5) is 0. The normalized spacial score (nSPS) is 10.9. The van der Waals surface area contributed by atoms with Crippen molar-refractivity contribution in [1.82, 2.24) is 0 Å². The molecule has 0 aliphatic heterocycles. The molecular formula is C11H14F2. The lowest BCUT2D eigenvalue weighted by molar-refractivity contribution is 0.485. The van der Waals surface area contributed by atoms with Crippen LogP contribution in [-0.4, -0.2) is 0 Å². The highest BCUT2D eigenvalue weighted by Gasteiger charge is 2.11. The molecule has 0 unspecified atom stereocenters. The number of rotatable bonds is 2. The Hall–Kier alpha value is -0.920. The molecule has 0 amide bonds. The molecule has 1 rings (SSSR count). The molecule has 0 nitrogen and oxygen atoms in total. The molecule has 0 aliphatic rings. The van der Waals surface area contributed by atoms with Gasteiger partial charge in [-0.15, -0.1) is 0 Å². The van der Waals surface area contributed by atoms with E-state index in [-0.39, 0.29) is 0 Å². The zero-order valence-electron chi connectivity index (χ0n) is 8.20. The van der Waals surface area contributed by atoms with Gasteiger partial charge in [-0.2, -0.15) is 0 Å². The lowest BCUT2D eigenvalue weighted by Crippen LogP contribution is -2.01. The van der Waals surface area contributed by atoms with Crippen LogP contribution in [0.5, 0.6) is 0 Å². The number of hydrogen-bond donors (Lipinski definition) is 0. The van der Waals surface area contributed by atoms with Crippen LogP contribution in [-0.2, 0) is 6.42 Å². The van der Waals surface area contributed by atoms with Crippen LogP contribution in [0, 0.1) is 24.5 Å². The number of halogens is 2. The van der Waals surface area contributed by atoms with E-state index in [0.29, 0.717) is 23.5 Å². The third-order valence-corrected chi connectivity index (χ3v) is 1.98. The van der Waals surface area contributed by atoms with Gasteiger partial charge >= 0.3 is 0 Å². The van der Waals surface area contributed by atoms with Crippen LogP contribution >= 0.6 is 0 Å². The van der Waals surface area contributed by atoms with Crippen LogP contribution < -0.4 is 0 Å². The second-order valence-electron chi connectivity index (χ2n) is 3.77. The largest absolute Gasteiger partial charge is 0.203 e. The van der Waals surface area contributed by atoms with E-state index in [1.54, 1.807) is 19.1 Å². The van der Waals surface area contributed by atoms with Gasteiger partial charge in [0, 0.05) is 0 Å². The van der Waals surface area contributed by atoms with Gasteiger partial charge in [-0.05, 0) is 30.4 Å². The molecule has 0 saturated heterocycles. The van der Waals surface area contributed by atoms with E-state index in [9.17, 15) is 8.78 Å². The Morgan fingerprint density at radius 1 is 1.15 bits per heavy atom. The summed E-state index contributed by atoms with van der Waals surface area (Å²) in [5, 5.41) is 0. The molecule has 0 spiro atoms. The minimum absolute atomic E-state index is 0.344. The van der Waals surface area contributed by atoms with E-state index >= 15 is 0 Å². The number of hydrogen-bond acceptors (Lipinski definition) is 0. The lowest BCUT2D eigenvalue weighted by Gasteiger charge is -2.07. The minimum atomic E-state index is -0.710. The molecule has 2 heteroatoms. The summed E-state index contributed by atoms with van der Waals surface area (Å²) >= 11 is 0. The van der Waals surface area contributed by atoms with Crippen molar-refractivity contribution in [2.24, 2.45) is 5.92 Å². The Morgan fingerprint density at radius 3 is 2.31 bits per heavy atom. The van der Waals surface area contributed by atoms with Gasteiger partial charge in [-0.1, -0.05) is 26.0 Å². The molecule has 0 heterocycles. The van der Waals surface area contributed by atoms with Crippen molar-refractivity contribution in [2.75, 3.05) is 0 Å². The van der Waals surface area contributed by atoms with Gasteiger partial charge < -0.3 is 0 Å². The number of aryl methyl sites for hydroxylation is 1. The Balaban J connectivity index is 3.04. The Labute approximate surface area is 77.6 Å². The molecule has 0 atom stereocenters. The molecule has 0 N–H and O–H groups in total. The van der Waals surface area contributed by atoms with Crippen molar-refractivity contribution in [1.29, 1.82) is 0 Å². The third kappa shape index (κ3) is 2.27. The molecule has 0 radical (unpaired) electrons. The van der Waals surface area contributed by atoms with E-state index in [4.69, 9.17) is 0 Å². The maximum Gasteiger partial charge on any atom is 0.162 e. The highest BCUT2D eigenvalue weighted by Crippen LogP contribution is 2.18. The first kappa shape index (κ1) is 10.2. The highest BCUT2D eigenvalue weighted by atomic mass is 19.2. The van der Waals surface area contributed by atoms with Crippen molar-refractivity contribution in [3.8, 4) is 0 Å². The fourth-order valence-corrected chi connectivity index (χ4v) is 1.28. The van der Waals surface area contributed by atoms with Crippen LogP contribution in [0.3, 0.4) is 0 Å². The SMILES string of the molecule is Cc1ccc(CC(C)C)c(F)c1F. The molecule has 72 valence electrons. The molecule has 1 aromatic carbocycles. The predicted molar refractivity (Wildman–Crippen MR) is 49.6 cm³/mol. The summed E-state index contributed by atoms with van der Waals surface area (Å²) in [6.07, 6.45) is 0.586. The van der Waals surface area contributed by atoms with Crippen LogP contribution in [0.2, 0.25) is 0 Å². The van der Waals surface area contributed by atoms with Crippen molar-refractivity contribution in [3.63, 3.8) is 0 Å². The summed E-state index contributed by atoms with van der Waals surface area (Å²) in [7, 11) is 0. The van der Waals surface area contributed by atoms with Gasteiger partial charge in [0.2, 0.25) is 0 Å². The van der Waals surface area contributed by atoms with Crippen LogP contribution in [0.25, 0.3) is 0 Å². The van der Waals surface area contributed by atoms with Gasteiger partial charge in [-0.3, -0.25) is 0 Å². The molecular weight excluding hydrogens is 170 g/mol. The summed E-state index contributed by atoms with van der Waals surface area (Å²) in [6.45, 7) is 5.53. The molecule has 0 aromatic heterocycles. The highest BCUT2D eigenvalue weighted by molar-refractivity contribution is 5.25. The quantitative estimate of drug-likeness (QED) is 0.660. The maximum absolute atomic E-state index is 13.2. The first-order valence-corrected chi connectivity index (χ1v) is 4.46. The first-order chi connectivity index (χ1) is 6.02. The van der Waals surface area contributed by atoms with Gasteiger partial charge in [0.1, 0.15) is 0 Å². The molecule has 0 fully saturated rings. The van der Waals surface area contributed by atoms with Crippen LogP contribution in [0.15, 0.2) is 12.1 Å². The molecule has 13 heavy (non-hydrogen) atoms. The average molecular weight is 184 g/mol. The zero-order chi connectivity index (χ0) is 10.0. The summed E-state index contributed by atoms with van der Waals surface area (Å²) in [5.74, 6) is -1.05. The second-order valence-corrected chi connectivity index (χ2v) is 3.77. The molecule has 1 aromatic rings. The summed E-state index contributed by atoms with van der Waals surface area (Å²) < 4.78 is 26.3. The Kier molecular flexibility index (Phi) is 3.02. The van der Waals surface area contributed by atoms with E-state index in [1.807, 2.05) is 13.8 Å². The van der Waals surface area contributed by atoms with Crippen molar-refractivity contribution in [2.45, 2.75) is 27.2 Å². The average Bonchev–Trinajstić information content (AvgIpc) is 2.06. The monoisotopic (exact) mass is 184 g/mol. The molecule has 0 bridgehead atoms. The standard InChI is InChI=1S/C11H14F2/c1-7(2)6-9-5-4-8(3)10(12)11(9)13/h4-5,7H,6H2,1-3H3. The predicted octanol–water partition coefficient (Wildman–Crippen LogP) is 3.47. The fourth-order valence-electron chi connectivity index (χ4n) is 1.28. The second kappa shape index (κ2) is 3.86. The topological polar surface area (TPSA) is 0 Å². The van der Waals surface area contributed by atoms with Gasteiger partial charge in [0.25, 0.3) is 0 Å². The van der Waals surface area contributed by atoms with Crippen LogP contribution in [0.4, 0.5) is 8.78 Å². The van der Waals surface area contributed by atoms with Crippen molar-refractivity contribution >= 4 is 0 Å². The van der Waals surface area contributed by atoms with E-state index in [2.05, 4.69) is 0 Å². The van der Waals surface area contributed by atoms with E-state index in [0.717, 1.165) is 0 Å². The summed E-state index contributed by atoms with van der Waals surface area (Å²) in [6, 6.07) is 3.28. The maximum atomic E-state index is 13.2. The molecule has 0 aliphatic carbocycles. The van der Waals surface area contributed by atoms with Crippen molar-refractivity contribution in [3.05, 3.63) is 34.9 Å². The smallest absolute Gasteiger partial charge is 0.162 e. The minimum Gasteiger partial charge on any atom is -0.203 e. The summed E-state index contributed by atoms with van der Waals surface area (Å²) in [5.41, 5.74) is 0.836. The molecule has 0 saturated carbocycles.